The van der Waals surface area contributed by atoms with Crippen LogP contribution in [0.5, 0.6) is 0 Å². The summed E-state index contributed by atoms with van der Waals surface area (Å²) >= 11 is 0. The topological polar surface area (TPSA) is 17.8 Å². The fourth-order valence-corrected chi connectivity index (χ4v) is 3.22. The maximum absolute atomic E-state index is 4.74. The van der Waals surface area contributed by atoms with Crippen LogP contribution in [-0.4, -0.2) is 9.55 Å². The lowest BCUT2D eigenvalue weighted by molar-refractivity contribution is 0.793. The Bertz CT molecular complexity index is 827. The molecule has 140 valence electrons. The summed E-state index contributed by atoms with van der Waals surface area (Å²) in [5.41, 5.74) is 7.98. The highest BCUT2D eigenvalue weighted by Gasteiger charge is 2.07. The number of aromatic nitrogens is 2. The van der Waals surface area contributed by atoms with Gasteiger partial charge in [0.05, 0.1) is 11.0 Å². The first-order valence-electron chi connectivity index (χ1n) is 9.75. The van der Waals surface area contributed by atoms with Gasteiger partial charge in [0, 0.05) is 6.54 Å². The number of benzene rings is 1. The molecule has 0 spiro atoms. The van der Waals surface area contributed by atoms with Crippen LogP contribution in [0.3, 0.4) is 0 Å². The minimum Gasteiger partial charge on any atom is -0.324 e. The number of nitrogens with zero attached hydrogens (tertiary/aromatic N) is 2. The quantitative estimate of drug-likeness (QED) is 0.465. The van der Waals surface area contributed by atoms with Gasteiger partial charge < -0.3 is 4.57 Å². The van der Waals surface area contributed by atoms with Crippen LogP contribution < -0.4 is 0 Å². The highest BCUT2D eigenvalue weighted by molar-refractivity contribution is 5.79. The molecular formula is C24H34N2. The second-order valence-electron chi connectivity index (χ2n) is 7.67. The number of rotatable bonds is 8. The van der Waals surface area contributed by atoms with Gasteiger partial charge >= 0.3 is 0 Å². The minimum absolute atomic E-state index is 0.904. The average Bonchev–Trinajstić information content (AvgIpc) is 2.89. The third kappa shape index (κ3) is 5.72. The summed E-state index contributed by atoms with van der Waals surface area (Å²) in [6.45, 7) is 14.0. The van der Waals surface area contributed by atoms with Gasteiger partial charge in [-0.3, -0.25) is 0 Å². The number of hydrogen-bond acceptors (Lipinski definition) is 1. The van der Waals surface area contributed by atoms with E-state index in [0.717, 1.165) is 37.1 Å². The Hall–Kier alpha value is -2.09. The van der Waals surface area contributed by atoms with E-state index in [0.29, 0.717) is 0 Å². The van der Waals surface area contributed by atoms with Gasteiger partial charge in [-0.15, -0.1) is 0 Å². The van der Waals surface area contributed by atoms with Crippen molar-refractivity contribution < 1.29 is 0 Å². The Kier molecular flexibility index (Phi) is 7.44. The van der Waals surface area contributed by atoms with Gasteiger partial charge in [-0.1, -0.05) is 47.1 Å². The summed E-state index contributed by atoms with van der Waals surface area (Å²) in [5, 5.41) is 0. The number of fused-ring (bicyclic) bond motifs is 1. The first-order valence-corrected chi connectivity index (χ1v) is 9.75. The lowest BCUT2D eigenvalue weighted by Gasteiger charge is -2.06. The Balaban J connectivity index is 1.92. The molecule has 2 aromatic rings. The lowest BCUT2D eigenvalue weighted by atomic mass is 10.1. The van der Waals surface area contributed by atoms with Crippen molar-refractivity contribution in [2.45, 2.75) is 73.8 Å². The summed E-state index contributed by atoms with van der Waals surface area (Å²) in [6, 6.07) is 6.42. The molecule has 0 atom stereocenters. The second kappa shape index (κ2) is 9.56. The third-order valence-electron chi connectivity index (χ3n) is 4.92. The van der Waals surface area contributed by atoms with Gasteiger partial charge in [-0.05, 0) is 78.9 Å². The van der Waals surface area contributed by atoms with Gasteiger partial charge in [0.25, 0.3) is 0 Å². The van der Waals surface area contributed by atoms with Gasteiger partial charge in [0.1, 0.15) is 5.82 Å². The smallest absolute Gasteiger partial charge is 0.107 e. The second-order valence-corrected chi connectivity index (χ2v) is 7.67. The van der Waals surface area contributed by atoms with Crippen LogP contribution in [0.15, 0.2) is 53.1 Å². The zero-order chi connectivity index (χ0) is 19.1. The highest BCUT2D eigenvalue weighted by atomic mass is 15.1. The van der Waals surface area contributed by atoms with Crippen molar-refractivity contribution in [1.29, 1.82) is 0 Å². The minimum atomic E-state index is 0.904. The number of hydrogen-bond donors (Lipinski definition) is 0. The van der Waals surface area contributed by atoms with Crippen molar-refractivity contribution in [3.8, 4) is 0 Å². The molecule has 0 radical (unpaired) electrons. The SMILES string of the molecule is CC(C)=CCCC(C)=CCCC(C)=CCn1c(C)nc2c(C)cccc21. The Morgan fingerprint density at radius 2 is 1.58 bits per heavy atom. The maximum atomic E-state index is 4.74. The molecule has 0 aliphatic carbocycles. The van der Waals surface area contributed by atoms with Crippen LogP contribution in [0.4, 0.5) is 0 Å². The summed E-state index contributed by atoms with van der Waals surface area (Å²) in [6.07, 6.45) is 11.7. The van der Waals surface area contributed by atoms with Crippen LogP contribution in [0, 0.1) is 13.8 Å². The zero-order valence-corrected chi connectivity index (χ0v) is 17.4. The van der Waals surface area contributed by atoms with Crippen LogP contribution in [0.1, 0.15) is 64.8 Å². The van der Waals surface area contributed by atoms with E-state index < -0.39 is 0 Å². The summed E-state index contributed by atoms with van der Waals surface area (Å²) in [5.74, 6) is 1.09. The number of allylic oxidation sites excluding steroid dienone is 6. The molecule has 1 aromatic heterocycles. The molecule has 0 aliphatic rings. The molecular weight excluding hydrogens is 316 g/mol. The molecule has 2 nitrogen and oxygen atoms in total. The number of aryl methyl sites for hydroxylation is 2. The number of imidazole rings is 1. The van der Waals surface area contributed by atoms with Crippen molar-refractivity contribution >= 4 is 11.0 Å². The summed E-state index contributed by atoms with van der Waals surface area (Å²) in [7, 11) is 0. The van der Waals surface area contributed by atoms with Crippen LogP contribution >= 0.6 is 0 Å². The summed E-state index contributed by atoms with van der Waals surface area (Å²) in [4.78, 5) is 4.74. The predicted octanol–water partition coefficient (Wildman–Crippen LogP) is 7.07. The molecule has 0 saturated carbocycles. The standard InChI is InChI=1S/C24H34N2/c1-18(2)10-7-11-19(3)12-8-13-20(4)16-17-26-22(6)25-24-21(5)14-9-15-23(24)26/h9-10,12,14-16H,7-8,11,13,17H2,1-6H3. The molecule has 0 amide bonds. The Morgan fingerprint density at radius 3 is 2.27 bits per heavy atom. The number of para-hydroxylation sites is 1. The van der Waals surface area contributed by atoms with Gasteiger partial charge in [0.15, 0.2) is 0 Å². The molecule has 2 rings (SSSR count). The molecule has 0 N–H and O–H groups in total. The van der Waals surface area contributed by atoms with Crippen molar-refractivity contribution in [2.75, 3.05) is 0 Å². The molecule has 1 heterocycles. The molecule has 2 heteroatoms. The zero-order valence-electron chi connectivity index (χ0n) is 17.4. The maximum Gasteiger partial charge on any atom is 0.107 e. The Labute approximate surface area is 159 Å². The molecule has 0 bridgehead atoms. The van der Waals surface area contributed by atoms with E-state index in [1.54, 1.807) is 0 Å². The van der Waals surface area contributed by atoms with Crippen molar-refractivity contribution in [3.05, 3.63) is 64.5 Å². The molecule has 26 heavy (non-hydrogen) atoms. The largest absolute Gasteiger partial charge is 0.324 e. The van der Waals surface area contributed by atoms with Crippen LogP contribution in [0.25, 0.3) is 11.0 Å². The molecule has 1 aromatic carbocycles. The van der Waals surface area contributed by atoms with E-state index in [9.17, 15) is 0 Å². The molecule has 0 unspecified atom stereocenters. The van der Waals surface area contributed by atoms with Crippen molar-refractivity contribution in [3.63, 3.8) is 0 Å². The van der Waals surface area contributed by atoms with E-state index in [-0.39, 0.29) is 0 Å². The van der Waals surface area contributed by atoms with Gasteiger partial charge in [0.2, 0.25) is 0 Å². The fraction of sp³-hybridized carbons (Fsp3) is 0.458. The monoisotopic (exact) mass is 350 g/mol. The highest BCUT2D eigenvalue weighted by Crippen LogP contribution is 2.20. The van der Waals surface area contributed by atoms with E-state index in [1.807, 2.05) is 0 Å². The predicted molar refractivity (Wildman–Crippen MR) is 115 cm³/mol. The van der Waals surface area contributed by atoms with Crippen molar-refractivity contribution in [1.82, 2.24) is 9.55 Å². The van der Waals surface area contributed by atoms with Gasteiger partial charge in [-0.2, -0.15) is 0 Å². The first-order chi connectivity index (χ1) is 12.4. The third-order valence-corrected chi connectivity index (χ3v) is 4.92. The van der Waals surface area contributed by atoms with Crippen LogP contribution in [0.2, 0.25) is 0 Å². The average molecular weight is 351 g/mol. The molecule has 0 aliphatic heterocycles. The van der Waals surface area contributed by atoms with Gasteiger partial charge in [-0.25, -0.2) is 4.98 Å². The lowest BCUT2D eigenvalue weighted by Crippen LogP contribution is -1.98. The van der Waals surface area contributed by atoms with E-state index in [1.165, 1.54) is 34.2 Å². The summed E-state index contributed by atoms with van der Waals surface area (Å²) < 4.78 is 2.31. The Morgan fingerprint density at radius 1 is 0.923 bits per heavy atom. The van der Waals surface area contributed by atoms with Crippen LogP contribution in [-0.2, 0) is 6.54 Å². The normalized spacial score (nSPS) is 12.7. The van der Waals surface area contributed by atoms with E-state index in [4.69, 9.17) is 4.98 Å². The van der Waals surface area contributed by atoms with Crippen molar-refractivity contribution in [2.24, 2.45) is 0 Å². The molecule has 0 saturated heterocycles. The molecule has 0 fully saturated rings. The van der Waals surface area contributed by atoms with E-state index in [2.05, 4.69) is 82.5 Å². The fourth-order valence-electron chi connectivity index (χ4n) is 3.22. The van der Waals surface area contributed by atoms with E-state index >= 15 is 0 Å². The first kappa shape index (κ1) is 20.2.